The summed E-state index contributed by atoms with van der Waals surface area (Å²) in [5, 5.41) is 3.23. The highest BCUT2D eigenvalue weighted by molar-refractivity contribution is 7.88. The third-order valence-electron chi connectivity index (χ3n) is 2.98. The van der Waals surface area contributed by atoms with Crippen LogP contribution in [0.2, 0.25) is 5.02 Å². The number of benzene rings is 1. The minimum atomic E-state index is -3.45. The Labute approximate surface area is 136 Å². The molecule has 0 radical (unpaired) electrons. The van der Waals surface area contributed by atoms with Gasteiger partial charge in [-0.3, -0.25) is 4.79 Å². The number of carbonyl (C=O) groups is 1. The lowest BCUT2D eigenvalue weighted by Gasteiger charge is -2.19. The van der Waals surface area contributed by atoms with Gasteiger partial charge in [0.15, 0.2) is 0 Å². The summed E-state index contributed by atoms with van der Waals surface area (Å²) in [6.45, 7) is 0.772. The second kappa shape index (κ2) is 9.09. The van der Waals surface area contributed by atoms with Gasteiger partial charge >= 0.3 is 0 Å². The molecule has 0 fully saturated rings. The third kappa shape index (κ3) is 7.22. The van der Waals surface area contributed by atoms with E-state index in [1.807, 2.05) is 12.1 Å². The average molecular weight is 349 g/mol. The Kier molecular flexibility index (Phi) is 7.81. The van der Waals surface area contributed by atoms with Crippen LogP contribution >= 0.6 is 11.6 Å². The van der Waals surface area contributed by atoms with Crippen molar-refractivity contribution in [3.05, 3.63) is 34.9 Å². The van der Waals surface area contributed by atoms with Gasteiger partial charge in [0.25, 0.3) is 0 Å². The second-order valence-corrected chi connectivity index (χ2v) is 7.23. The first-order chi connectivity index (χ1) is 10.3. The number of sulfonamides is 1. The summed E-state index contributed by atoms with van der Waals surface area (Å²) in [7, 11) is -1.92. The number of nitrogens with zero attached hydrogens (tertiary/aromatic N) is 1. The van der Waals surface area contributed by atoms with Crippen molar-refractivity contribution in [2.45, 2.75) is 6.42 Å². The maximum Gasteiger partial charge on any atom is 0.235 e. The molecule has 0 atom stereocenters. The Morgan fingerprint density at radius 3 is 2.50 bits per heavy atom. The van der Waals surface area contributed by atoms with Gasteiger partial charge in [-0.2, -0.15) is 4.31 Å². The van der Waals surface area contributed by atoms with Crippen molar-refractivity contribution in [1.82, 2.24) is 9.62 Å². The van der Waals surface area contributed by atoms with Crippen molar-refractivity contribution in [3.8, 4) is 0 Å². The Bertz CT molecular complexity index is 575. The van der Waals surface area contributed by atoms with Crippen LogP contribution in [-0.4, -0.2) is 58.2 Å². The molecule has 0 aliphatic heterocycles. The molecule has 1 N–H and O–H groups in total. The van der Waals surface area contributed by atoms with Gasteiger partial charge in [0.05, 0.1) is 19.4 Å². The normalized spacial score (nSPS) is 11.6. The van der Waals surface area contributed by atoms with Crippen molar-refractivity contribution in [2.24, 2.45) is 0 Å². The fourth-order valence-electron chi connectivity index (χ4n) is 1.78. The van der Waals surface area contributed by atoms with E-state index in [-0.39, 0.29) is 19.0 Å². The van der Waals surface area contributed by atoms with Crippen LogP contribution < -0.4 is 5.32 Å². The molecular weight excluding hydrogens is 328 g/mol. The van der Waals surface area contributed by atoms with Crippen LogP contribution in [0.15, 0.2) is 24.3 Å². The summed E-state index contributed by atoms with van der Waals surface area (Å²) < 4.78 is 29.5. The number of hydrogen-bond acceptors (Lipinski definition) is 4. The molecule has 1 rings (SSSR count). The number of nitrogens with one attached hydrogen (secondary N) is 1. The average Bonchev–Trinajstić information content (AvgIpc) is 2.44. The topological polar surface area (TPSA) is 75.7 Å². The summed E-state index contributed by atoms with van der Waals surface area (Å²) >= 11 is 5.81. The van der Waals surface area contributed by atoms with E-state index >= 15 is 0 Å². The number of ether oxygens (including phenoxy) is 1. The Hall–Kier alpha value is -1.15. The zero-order chi connectivity index (χ0) is 16.6. The lowest BCUT2D eigenvalue weighted by atomic mass is 10.1. The van der Waals surface area contributed by atoms with Crippen molar-refractivity contribution in [2.75, 3.05) is 39.6 Å². The Balaban J connectivity index is 2.58. The maximum atomic E-state index is 11.8. The fraction of sp³-hybridized carbons (Fsp3) is 0.500. The summed E-state index contributed by atoms with van der Waals surface area (Å²) in [6, 6.07) is 7.17. The number of carbonyl (C=O) groups excluding carboxylic acids is 1. The molecule has 0 heterocycles. The molecule has 1 amide bonds. The van der Waals surface area contributed by atoms with Crippen LogP contribution in [-0.2, 0) is 26.0 Å². The van der Waals surface area contributed by atoms with Crippen LogP contribution in [0.5, 0.6) is 0 Å². The van der Waals surface area contributed by atoms with Gasteiger partial charge in [-0.25, -0.2) is 8.42 Å². The molecule has 1 aromatic rings. The van der Waals surface area contributed by atoms with E-state index in [0.29, 0.717) is 24.6 Å². The molecule has 124 valence electrons. The van der Waals surface area contributed by atoms with Gasteiger partial charge < -0.3 is 10.1 Å². The van der Waals surface area contributed by atoms with E-state index in [0.717, 1.165) is 16.1 Å². The smallest absolute Gasteiger partial charge is 0.235 e. The van der Waals surface area contributed by atoms with Crippen LogP contribution in [0.25, 0.3) is 0 Å². The van der Waals surface area contributed by atoms with Crippen molar-refractivity contribution in [3.63, 3.8) is 0 Å². The second-order valence-electron chi connectivity index (χ2n) is 4.82. The number of halogens is 1. The van der Waals surface area contributed by atoms with Gasteiger partial charge in [0, 0.05) is 25.2 Å². The highest BCUT2D eigenvalue weighted by atomic mass is 35.5. The van der Waals surface area contributed by atoms with Gasteiger partial charge in [-0.1, -0.05) is 23.7 Å². The predicted octanol–water partition coefficient (Wildman–Crippen LogP) is 0.907. The van der Waals surface area contributed by atoms with Crippen molar-refractivity contribution >= 4 is 27.5 Å². The lowest BCUT2D eigenvalue weighted by molar-refractivity contribution is -0.121. The zero-order valence-corrected chi connectivity index (χ0v) is 14.3. The molecule has 8 heteroatoms. The highest BCUT2D eigenvalue weighted by Gasteiger charge is 2.19. The highest BCUT2D eigenvalue weighted by Crippen LogP contribution is 2.11. The first-order valence-corrected chi connectivity index (χ1v) is 9.00. The summed E-state index contributed by atoms with van der Waals surface area (Å²) in [5.74, 6) is -0.349. The van der Waals surface area contributed by atoms with Crippen molar-refractivity contribution in [1.29, 1.82) is 0 Å². The van der Waals surface area contributed by atoms with E-state index in [9.17, 15) is 13.2 Å². The maximum absolute atomic E-state index is 11.8. The van der Waals surface area contributed by atoms with Gasteiger partial charge in [-0.15, -0.1) is 0 Å². The standard InChI is InChI=1S/C14H21ClN2O4S/c1-21-10-8-16-14(18)11-17(22(2,19)20)9-7-12-3-5-13(15)6-4-12/h3-6H,7-11H2,1-2H3,(H,16,18). The molecule has 0 aliphatic rings. The third-order valence-corrected chi connectivity index (χ3v) is 4.48. The molecule has 0 unspecified atom stereocenters. The fourth-order valence-corrected chi connectivity index (χ4v) is 2.68. The summed E-state index contributed by atoms with van der Waals surface area (Å²) in [4.78, 5) is 11.7. The minimum Gasteiger partial charge on any atom is -0.383 e. The molecule has 0 saturated carbocycles. The largest absolute Gasteiger partial charge is 0.383 e. The summed E-state index contributed by atoms with van der Waals surface area (Å²) in [6.07, 6.45) is 1.60. The van der Waals surface area contributed by atoms with E-state index in [2.05, 4.69) is 5.32 Å². The SMILES string of the molecule is COCCNC(=O)CN(CCc1ccc(Cl)cc1)S(C)(=O)=O. The number of methoxy groups -OCH3 is 1. The first kappa shape index (κ1) is 18.9. The van der Waals surface area contributed by atoms with E-state index in [4.69, 9.17) is 16.3 Å². The molecule has 0 bridgehead atoms. The molecule has 0 aromatic heterocycles. The summed E-state index contributed by atoms with van der Waals surface area (Å²) in [5.41, 5.74) is 0.956. The van der Waals surface area contributed by atoms with E-state index < -0.39 is 10.0 Å². The minimum absolute atomic E-state index is 0.198. The zero-order valence-electron chi connectivity index (χ0n) is 12.7. The molecular formula is C14H21ClN2O4S. The van der Waals surface area contributed by atoms with Crippen LogP contribution in [0.3, 0.4) is 0 Å². The van der Waals surface area contributed by atoms with E-state index in [1.54, 1.807) is 12.1 Å². The molecule has 6 nitrogen and oxygen atoms in total. The first-order valence-electron chi connectivity index (χ1n) is 6.78. The molecule has 22 heavy (non-hydrogen) atoms. The van der Waals surface area contributed by atoms with E-state index in [1.165, 1.54) is 7.11 Å². The predicted molar refractivity (Wildman–Crippen MR) is 86.5 cm³/mol. The monoisotopic (exact) mass is 348 g/mol. The van der Waals surface area contributed by atoms with Crippen molar-refractivity contribution < 1.29 is 17.9 Å². The molecule has 0 aliphatic carbocycles. The lowest BCUT2D eigenvalue weighted by Crippen LogP contribution is -2.42. The van der Waals surface area contributed by atoms with Gasteiger partial charge in [0.1, 0.15) is 0 Å². The number of rotatable bonds is 9. The quantitative estimate of drug-likeness (QED) is 0.673. The van der Waals surface area contributed by atoms with Gasteiger partial charge in [0.2, 0.25) is 15.9 Å². The van der Waals surface area contributed by atoms with Crippen LogP contribution in [0.1, 0.15) is 5.56 Å². The van der Waals surface area contributed by atoms with Gasteiger partial charge in [-0.05, 0) is 24.1 Å². The molecule has 0 saturated heterocycles. The molecule has 1 aromatic carbocycles. The Morgan fingerprint density at radius 1 is 1.32 bits per heavy atom. The Morgan fingerprint density at radius 2 is 1.95 bits per heavy atom. The van der Waals surface area contributed by atoms with Crippen LogP contribution in [0, 0.1) is 0 Å². The number of amides is 1. The van der Waals surface area contributed by atoms with Crippen LogP contribution in [0.4, 0.5) is 0 Å². The molecule has 0 spiro atoms. The number of hydrogen-bond donors (Lipinski definition) is 1.